The lowest BCUT2D eigenvalue weighted by Gasteiger charge is -2.27. The third kappa shape index (κ3) is 2.40. The number of rotatable bonds is 3. The van der Waals surface area contributed by atoms with E-state index in [1.807, 2.05) is 6.07 Å². The highest BCUT2D eigenvalue weighted by atomic mass is 35.5. The van der Waals surface area contributed by atoms with Crippen molar-refractivity contribution in [2.24, 2.45) is 0 Å². The highest BCUT2D eigenvalue weighted by Crippen LogP contribution is 2.10. The van der Waals surface area contributed by atoms with E-state index < -0.39 is 0 Å². The molecule has 0 unspecified atom stereocenters. The Morgan fingerprint density at radius 3 is 3.00 bits per heavy atom. The molecular weight excluding hydrogens is 188 g/mol. The fraction of sp³-hybridized carbons (Fsp3) is 0.444. The van der Waals surface area contributed by atoms with Gasteiger partial charge in [-0.05, 0) is 11.6 Å². The first-order chi connectivity index (χ1) is 6.34. The number of hydrogen-bond acceptors (Lipinski definition) is 3. The summed E-state index contributed by atoms with van der Waals surface area (Å²) in [5.74, 6) is 0. The third-order valence-electron chi connectivity index (χ3n) is 1.99. The second-order valence-corrected chi connectivity index (χ2v) is 3.54. The molecule has 70 valence electrons. The molecule has 1 aliphatic rings. The van der Waals surface area contributed by atoms with Crippen molar-refractivity contribution in [2.45, 2.75) is 12.7 Å². The van der Waals surface area contributed by atoms with E-state index in [0.717, 1.165) is 18.7 Å². The minimum absolute atomic E-state index is 0.360. The average molecular weight is 199 g/mol. The number of aromatic nitrogens is 1. The van der Waals surface area contributed by atoms with Crippen LogP contribution in [0, 0.1) is 0 Å². The van der Waals surface area contributed by atoms with Gasteiger partial charge in [0.25, 0.3) is 0 Å². The fourth-order valence-corrected chi connectivity index (χ4v) is 1.33. The lowest BCUT2D eigenvalue weighted by atomic mass is 10.2. The second kappa shape index (κ2) is 4.05. The topological polar surface area (TPSA) is 34.1 Å². The lowest BCUT2D eigenvalue weighted by molar-refractivity contribution is 0.00747. The molecule has 1 saturated heterocycles. The molecule has 0 aromatic carbocycles. The predicted molar refractivity (Wildman–Crippen MR) is 50.7 cm³/mol. The Morgan fingerprint density at radius 1 is 1.54 bits per heavy atom. The Balaban J connectivity index is 1.86. The van der Waals surface area contributed by atoms with E-state index in [1.54, 1.807) is 12.4 Å². The van der Waals surface area contributed by atoms with Crippen molar-refractivity contribution in [3.8, 4) is 0 Å². The average Bonchev–Trinajstić information content (AvgIpc) is 2.01. The van der Waals surface area contributed by atoms with Crippen LogP contribution in [0.15, 0.2) is 18.5 Å². The SMILES string of the molecule is Clc1cncc(COC2CNC2)c1. The Morgan fingerprint density at radius 2 is 2.38 bits per heavy atom. The molecule has 0 bridgehead atoms. The quantitative estimate of drug-likeness (QED) is 0.793. The van der Waals surface area contributed by atoms with Gasteiger partial charge in [-0.1, -0.05) is 11.6 Å². The maximum absolute atomic E-state index is 5.78. The first-order valence-corrected chi connectivity index (χ1v) is 4.64. The molecule has 2 rings (SSSR count). The summed E-state index contributed by atoms with van der Waals surface area (Å²) < 4.78 is 5.56. The molecule has 4 heteroatoms. The van der Waals surface area contributed by atoms with Gasteiger partial charge in [0, 0.05) is 25.5 Å². The number of halogens is 1. The molecule has 0 spiro atoms. The molecule has 1 aromatic heterocycles. The second-order valence-electron chi connectivity index (χ2n) is 3.10. The molecule has 1 aliphatic heterocycles. The summed E-state index contributed by atoms with van der Waals surface area (Å²) in [6.45, 7) is 2.50. The Bertz CT molecular complexity index is 289. The first kappa shape index (κ1) is 8.94. The maximum Gasteiger partial charge on any atom is 0.0828 e. The van der Waals surface area contributed by atoms with Gasteiger partial charge >= 0.3 is 0 Å². The summed E-state index contributed by atoms with van der Waals surface area (Å²) in [6.07, 6.45) is 3.76. The molecule has 0 radical (unpaired) electrons. The van der Waals surface area contributed by atoms with Gasteiger partial charge < -0.3 is 10.1 Å². The predicted octanol–water partition coefficient (Wildman–Crippen LogP) is 1.22. The molecule has 1 N–H and O–H groups in total. The smallest absolute Gasteiger partial charge is 0.0828 e. The molecule has 0 aliphatic carbocycles. The number of hydrogen-bond donors (Lipinski definition) is 1. The van der Waals surface area contributed by atoms with E-state index in [4.69, 9.17) is 16.3 Å². The zero-order valence-electron chi connectivity index (χ0n) is 7.16. The minimum Gasteiger partial charge on any atom is -0.371 e. The normalized spacial score (nSPS) is 17.0. The van der Waals surface area contributed by atoms with E-state index in [9.17, 15) is 0 Å². The summed E-state index contributed by atoms with van der Waals surface area (Å²) in [5, 5.41) is 3.80. The molecule has 3 nitrogen and oxygen atoms in total. The van der Waals surface area contributed by atoms with E-state index >= 15 is 0 Å². The van der Waals surface area contributed by atoms with Gasteiger partial charge in [-0.15, -0.1) is 0 Å². The molecule has 0 amide bonds. The van der Waals surface area contributed by atoms with Crippen molar-refractivity contribution >= 4 is 11.6 Å². The van der Waals surface area contributed by atoms with Gasteiger partial charge in [-0.25, -0.2) is 0 Å². The van der Waals surface area contributed by atoms with Crippen molar-refractivity contribution in [3.63, 3.8) is 0 Å². The van der Waals surface area contributed by atoms with Crippen molar-refractivity contribution in [1.82, 2.24) is 10.3 Å². The summed E-state index contributed by atoms with van der Waals surface area (Å²) in [4.78, 5) is 3.98. The standard InChI is InChI=1S/C9H11ClN2O/c10-8-1-7(2-11-3-8)6-13-9-4-12-5-9/h1-3,9,12H,4-6H2. The van der Waals surface area contributed by atoms with Crippen LogP contribution >= 0.6 is 11.6 Å². The van der Waals surface area contributed by atoms with Gasteiger partial charge in [-0.2, -0.15) is 0 Å². The van der Waals surface area contributed by atoms with Crippen LogP contribution in [0.3, 0.4) is 0 Å². The molecule has 1 fully saturated rings. The molecule has 0 saturated carbocycles. The van der Waals surface area contributed by atoms with Gasteiger partial charge in [0.1, 0.15) is 0 Å². The van der Waals surface area contributed by atoms with Gasteiger partial charge in [0.15, 0.2) is 0 Å². The monoisotopic (exact) mass is 198 g/mol. The largest absolute Gasteiger partial charge is 0.371 e. The van der Waals surface area contributed by atoms with Crippen LogP contribution in [0.1, 0.15) is 5.56 Å². The van der Waals surface area contributed by atoms with Crippen LogP contribution in [-0.2, 0) is 11.3 Å². The molecule has 0 atom stereocenters. The van der Waals surface area contributed by atoms with E-state index in [-0.39, 0.29) is 0 Å². The van der Waals surface area contributed by atoms with E-state index in [0.29, 0.717) is 17.7 Å². The zero-order valence-corrected chi connectivity index (χ0v) is 7.92. The third-order valence-corrected chi connectivity index (χ3v) is 2.20. The lowest BCUT2D eigenvalue weighted by Crippen LogP contribution is -2.48. The number of pyridine rings is 1. The number of nitrogens with zero attached hydrogens (tertiary/aromatic N) is 1. The van der Waals surface area contributed by atoms with Crippen LogP contribution in [-0.4, -0.2) is 24.2 Å². The van der Waals surface area contributed by atoms with Crippen molar-refractivity contribution in [3.05, 3.63) is 29.0 Å². The van der Waals surface area contributed by atoms with Crippen LogP contribution in [0.25, 0.3) is 0 Å². The zero-order chi connectivity index (χ0) is 9.10. The van der Waals surface area contributed by atoms with Gasteiger partial charge in [-0.3, -0.25) is 4.98 Å². The first-order valence-electron chi connectivity index (χ1n) is 4.26. The van der Waals surface area contributed by atoms with Crippen LogP contribution < -0.4 is 5.32 Å². The molecule has 13 heavy (non-hydrogen) atoms. The van der Waals surface area contributed by atoms with Crippen LogP contribution in [0.4, 0.5) is 0 Å². The Labute approximate surface area is 82.1 Å². The maximum atomic E-state index is 5.78. The summed E-state index contributed by atoms with van der Waals surface area (Å²) in [6, 6.07) is 1.88. The Hall–Kier alpha value is -0.640. The fourth-order valence-electron chi connectivity index (χ4n) is 1.13. The van der Waals surface area contributed by atoms with Crippen LogP contribution in [0.5, 0.6) is 0 Å². The van der Waals surface area contributed by atoms with Gasteiger partial charge in [0.2, 0.25) is 0 Å². The highest BCUT2D eigenvalue weighted by molar-refractivity contribution is 6.30. The van der Waals surface area contributed by atoms with Crippen molar-refractivity contribution in [2.75, 3.05) is 13.1 Å². The molecule has 1 aromatic rings. The number of ether oxygens (including phenoxy) is 1. The summed E-state index contributed by atoms with van der Waals surface area (Å²) in [7, 11) is 0. The Kier molecular flexibility index (Phi) is 2.78. The van der Waals surface area contributed by atoms with Crippen molar-refractivity contribution < 1.29 is 4.74 Å². The van der Waals surface area contributed by atoms with E-state index in [1.165, 1.54) is 0 Å². The molecule has 2 heterocycles. The minimum atomic E-state index is 0.360. The number of nitrogens with one attached hydrogen (secondary N) is 1. The van der Waals surface area contributed by atoms with E-state index in [2.05, 4.69) is 10.3 Å². The van der Waals surface area contributed by atoms with Crippen molar-refractivity contribution in [1.29, 1.82) is 0 Å². The highest BCUT2D eigenvalue weighted by Gasteiger charge is 2.16. The molecular formula is C9H11ClN2O. The summed E-state index contributed by atoms with van der Waals surface area (Å²) >= 11 is 5.78. The van der Waals surface area contributed by atoms with Gasteiger partial charge in [0.05, 0.1) is 17.7 Å². The van der Waals surface area contributed by atoms with Crippen LogP contribution in [0.2, 0.25) is 5.02 Å². The summed E-state index contributed by atoms with van der Waals surface area (Å²) in [5.41, 5.74) is 1.03.